The van der Waals surface area contributed by atoms with Crippen LogP contribution in [-0.4, -0.2) is 196 Å². The van der Waals surface area contributed by atoms with Gasteiger partial charge in [-0.15, -0.1) is 11.3 Å². The lowest BCUT2D eigenvalue weighted by molar-refractivity contribution is -0.144. The number of amides is 5. The van der Waals surface area contributed by atoms with Crippen molar-refractivity contribution in [3.63, 3.8) is 0 Å². The Balaban J connectivity index is 0.614. The minimum atomic E-state index is -0.990. The quantitative estimate of drug-likeness (QED) is 0.0284. The monoisotopic (exact) mass is 1250 g/mol. The summed E-state index contributed by atoms with van der Waals surface area (Å²) in [6.45, 7) is 12.6. The number of carbonyl (C=O) groups is 5. The number of piperazine rings is 1. The van der Waals surface area contributed by atoms with Crippen LogP contribution in [0.5, 0.6) is 0 Å². The molecular formula is C64H80F2N10O12S. The first-order valence-electron chi connectivity index (χ1n) is 30.1. The number of β-amino-alcohol motifs (C(OH)–C–C–N with tert-alkyl or cyclic N) is 1. The number of aromatic nitrogens is 3. The summed E-state index contributed by atoms with van der Waals surface area (Å²) in [6.07, 6.45) is 1.03. The van der Waals surface area contributed by atoms with E-state index in [1.54, 1.807) is 27.8 Å². The van der Waals surface area contributed by atoms with Crippen LogP contribution in [0.3, 0.4) is 0 Å². The van der Waals surface area contributed by atoms with E-state index in [2.05, 4.69) is 41.3 Å². The first kappa shape index (κ1) is 65.9. The molecule has 5 heterocycles. The molecule has 0 aliphatic carbocycles. The molecule has 22 nitrogen and oxygen atoms in total. The molecule has 25 heteroatoms. The molecule has 4 aromatic carbocycles. The number of aromatic amines is 1. The summed E-state index contributed by atoms with van der Waals surface area (Å²) in [5, 5.41) is 30.8. The first-order valence-corrected chi connectivity index (χ1v) is 31.0. The molecule has 3 atom stereocenters. The number of benzene rings is 4. The third kappa shape index (κ3) is 18.8. The number of aliphatic hydroxyl groups is 1. The van der Waals surface area contributed by atoms with Crippen molar-refractivity contribution in [2.75, 3.05) is 128 Å². The molecule has 3 saturated heterocycles. The smallest absolute Gasteiger partial charge is 0.258 e. The zero-order valence-electron chi connectivity index (χ0n) is 50.8. The maximum Gasteiger partial charge on any atom is 0.258 e. The third-order valence-corrected chi connectivity index (χ3v) is 16.7. The highest BCUT2D eigenvalue weighted by atomic mass is 32.1. The van der Waals surface area contributed by atoms with Crippen LogP contribution in [0.2, 0.25) is 0 Å². The van der Waals surface area contributed by atoms with E-state index in [1.165, 1.54) is 17.0 Å². The van der Waals surface area contributed by atoms with E-state index >= 15 is 0 Å². The van der Waals surface area contributed by atoms with Crippen molar-refractivity contribution in [2.45, 2.75) is 84.2 Å². The standard InChI is InChI=1S/C64H80F2N10O12S/c1-41-58(89-40-68-41)45-8-5-42(6-9-45)36-67-62(81)55-35-50(77)37-76(55)63(82)59(64(2,3)4)70-56(78)38-87-27-25-85-23-21-84-22-24-86-26-28-88-39-57(79)75-17-15-74(16-18-75)49-10-11-51(54(34-49)69-48-13-19-83-20-14-48)61(80)71-60-52-32-43(7-12-53(52)72-73-60)29-44-30-46(65)33-47(66)31-44/h5-12,30-34,40,48,50,55,59,69,77H,13-29,35-39H2,1-4H3,(H,67,81)(H,70,78)(H2,71,72,73,80)/t50-,55+,59?/m1/s1. The minimum absolute atomic E-state index is 0.0352. The molecule has 3 aliphatic heterocycles. The molecule has 478 valence electrons. The maximum absolute atomic E-state index is 14.0. The van der Waals surface area contributed by atoms with Gasteiger partial charge in [0.15, 0.2) is 5.82 Å². The molecule has 0 spiro atoms. The fourth-order valence-corrected chi connectivity index (χ4v) is 11.7. The van der Waals surface area contributed by atoms with Crippen molar-refractivity contribution >= 4 is 69.0 Å². The predicted molar refractivity (Wildman–Crippen MR) is 332 cm³/mol. The Kier molecular flexibility index (Phi) is 23.6. The summed E-state index contributed by atoms with van der Waals surface area (Å²) in [5.41, 5.74) is 7.92. The topological polar surface area (TPSA) is 260 Å². The normalized spacial score (nSPS) is 16.8. The van der Waals surface area contributed by atoms with Crippen molar-refractivity contribution in [3.05, 3.63) is 124 Å². The Morgan fingerprint density at radius 3 is 2.09 bits per heavy atom. The van der Waals surface area contributed by atoms with Gasteiger partial charge in [0.2, 0.25) is 23.6 Å². The van der Waals surface area contributed by atoms with Gasteiger partial charge in [0.1, 0.15) is 36.9 Å². The largest absolute Gasteiger partial charge is 0.391 e. The number of nitrogens with one attached hydrogen (secondary N) is 5. The van der Waals surface area contributed by atoms with Crippen LogP contribution in [0.25, 0.3) is 21.3 Å². The van der Waals surface area contributed by atoms with Crippen molar-refractivity contribution in [2.24, 2.45) is 5.41 Å². The number of fused-ring (bicyclic) bond motifs is 1. The lowest BCUT2D eigenvalue weighted by atomic mass is 9.85. The van der Waals surface area contributed by atoms with E-state index in [4.69, 9.17) is 28.4 Å². The number of carbonyl (C=O) groups excluding carboxylic acids is 5. The molecule has 2 aromatic heterocycles. The molecule has 0 saturated carbocycles. The number of halogens is 2. The van der Waals surface area contributed by atoms with Gasteiger partial charge in [-0.05, 0) is 96.3 Å². The number of nitrogens with zero attached hydrogens (tertiary/aromatic N) is 5. The summed E-state index contributed by atoms with van der Waals surface area (Å²) in [4.78, 5) is 78.3. The SMILES string of the molecule is Cc1ncsc1-c1ccc(CNC(=O)[C@@H]2C[C@@H](O)CN2C(=O)C(NC(=O)COCCOCCOCCOCCOCC(=O)N2CCN(c3ccc(C(=O)Nc4n[nH]c5ccc(Cc6cc(F)cc(F)c6)cc45)c(NC4CCOCC4)c3)CC2)C(C)(C)C)cc1. The molecule has 6 N–H and O–H groups in total. The molecule has 3 fully saturated rings. The van der Waals surface area contributed by atoms with Crippen LogP contribution in [-0.2, 0) is 60.6 Å². The lowest BCUT2D eigenvalue weighted by Crippen LogP contribution is -2.58. The van der Waals surface area contributed by atoms with Crippen LogP contribution in [0.1, 0.15) is 72.8 Å². The number of H-pyrrole nitrogens is 1. The molecule has 89 heavy (non-hydrogen) atoms. The van der Waals surface area contributed by atoms with Crippen LogP contribution in [0.15, 0.2) is 84.4 Å². The molecule has 0 bridgehead atoms. The second-order valence-electron chi connectivity index (χ2n) is 23.4. The zero-order chi connectivity index (χ0) is 62.9. The molecule has 5 amide bonds. The van der Waals surface area contributed by atoms with Gasteiger partial charge in [-0.25, -0.2) is 13.8 Å². The highest BCUT2D eigenvalue weighted by molar-refractivity contribution is 7.13. The number of anilines is 3. The van der Waals surface area contributed by atoms with E-state index in [0.29, 0.717) is 92.7 Å². The Bertz CT molecular complexity index is 3330. The molecule has 6 aromatic rings. The Hall–Kier alpha value is -7.49. The van der Waals surface area contributed by atoms with Crippen LogP contribution < -0.4 is 26.2 Å². The van der Waals surface area contributed by atoms with Crippen molar-refractivity contribution in [1.82, 2.24) is 35.6 Å². The number of thiazole rings is 1. The van der Waals surface area contributed by atoms with Gasteiger partial charge >= 0.3 is 0 Å². The minimum Gasteiger partial charge on any atom is -0.391 e. The Labute approximate surface area is 520 Å². The predicted octanol–water partition coefficient (Wildman–Crippen LogP) is 6.25. The van der Waals surface area contributed by atoms with Crippen molar-refractivity contribution in [3.8, 4) is 10.4 Å². The maximum atomic E-state index is 14.0. The fourth-order valence-electron chi connectivity index (χ4n) is 10.9. The van der Waals surface area contributed by atoms with E-state index in [0.717, 1.165) is 51.9 Å². The highest BCUT2D eigenvalue weighted by Gasteiger charge is 2.44. The number of aliphatic hydroxyl groups excluding tert-OH is 1. The van der Waals surface area contributed by atoms with E-state index in [-0.39, 0.29) is 95.9 Å². The van der Waals surface area contributed by atoms with Gasteiger partial charge in [-0.3, -0.25) is 29.1 Å². The number of rotatable bonds is 29. The first-order chi connectivity index (χ1) is 42.9. The van der Waals surface area contributed by atoms with Gasteiger partial charge in [0, 0.05) is 87.8 Å². The summed E-state index contributed by atoms with van der Waals surface area (Å²) in [7, 11) is 0. The molecule has 9 rings (SSSR count). The van der Waals surface area contributed by atoms with E-state index in [9.17, 15) is 37.9 Å². The zero-order valence-corrected chi connectivity index (χ0v) is 51.6. The molecule has 3 aliphatic rings. The Morgan fingerprint density at radius 1 is 0.787 bits per heavy atom. The van der Waals surface area contributed by atoms with Crippen LogP contribution >= 0.6 is 11.3 Å². The second-order valence-corrected chi connectivity index (χ2v) is 24.2. The summed E-state index contributed by atoms with van der Waals surface area (Å²) < 4.78 is 61.4. The van der Waals surface area contributed by atoms with Gasteiger partial charge in [-0.1, -0.05) is 51.1 Å². The molecule has 0 radical (unpaired) electrons. The Morgan fingerprint density at radius 2 is 1.44 bits per heavy atom. The number of ether oxygens (including phenoxy) is 6. The average Bonchev–Trinajstić information content (AvgIpc) is 3.91. The van der Waals surface area contributed by atoms with Crippen LogP contribution in [0, 0.1) is 24.0 Å². The van der Waals surface area contributed by atoms with Gasteiger partial charge in [0.05, 0.1) is 86.1 Å². The highest BCUT2D eigenvalue weighted by Crippen LogP contribution is 2.32. The van der Waals surface area contributed by atoms with Gasteiger partial charge in [-0.2, -0.15) is 5.10 Å². The number of aryl methyl sites for hydroxylation is 1. The van der Waals surface area contributed by atoms with Crippen molar-refractivity contribution < 1.29 is 66.3 Å². The number of likely N-dealkylation sites (tertiary alicyclic amines) is 1. The summed E-state index contributed by atoms with van der Waals surface area (Å²) in [5.74, 6) is -2.81. The van der Waals surface area contributed by atoms with E-state index in [1.807, 2.05) is 82.3 Å². The number of hydrogen-bond acceptors (Lipinski definition) is 17. The van der Waals surface area contributed by atoms with Gasteiger partial charge < -0.3 is 69.5 Å². The van der Waals surface area contributed by atoms with Crippen LogP contribution in [0.4, 0.5) is 26.0 Å². The lowest BCUT2D eigenvalue weighted by Gasteiger charge is -2.36. The fraction of sp³-hybridized carbons (Fsp3) is 0.484. The molecular weight excluding hydrogens is 1170 g/mol. The van der Waals surface area contributed by atoms with Gasteiger partial charge in [0.25, 0.3) is 5.91 Å². The van der Waals surface area contributed by atoms with Crippen molar-refractivity contribution in [1.29, 1.82) is 0 Å². The van der Waals surface area contributed by atoms with E-state index < -0.39 is 47.1 Å². The average molecular weight is 1250 g/mol. The third-order valence-electron chi connectivity index (χ3n) is 15.7. The summed E-state index contributed by atoms with van der Waals surface area (Å²) in [6, 6.07) is 20.6. The summed E-state index contributed by atoms with van der Waals surface area (Å²) >= 11 is 1.56. The second kappa shape index (κ2) is 31.8. The molecule has 1 unspecified atom stereocenters. The number of hydrogen-bond donors (Lipinski definition) is 6.